The zero-order chi connectivity index (χ0) is 19.9. The molecule has 0 bridgehead atoms. The molecule has 0 aromatic heterocycles. The lowest BCUT2D eigenvalue weighted by Crippen LogP contribution is -2.63. The van der Waals surface area contributed by atoms with Crippen LogP contribution in [0.1, 0.15) is 25.0 Å². The fourth-order valence-electron chi connectivity index (χ4n) is 3.95. The highest BCUT2D eigenvalue weighted by Crippen LogP contribution is 2.50. The third-order valence-corrected chi connectivity index (χ3v) is 5.21. The number of ether oxygens (including phenoxy) is 1. The molecule has 4 atom stereocenters. The van der Waals surface area contributed by atoms with E-state index in [1.807, 2.05) is 6.92 Å². The molecule has 3 rings (SSSR count). The van der Waals surface area contributed by atoms with E-state index in [-0.39, 0.29) is 30.2 Å². The fraction of sp³-hybridized carbons (Fsp3) is 0.421. The lowest BCUT2D eigenvalue weighted by molar-refractivity contribution is -0.163. The van der Waals surface area contributed by atoms with E-state index in [1.165, 1.54) is 11.9 Å². The molecule has 8 heteroatoms. The number of benzene rings is 1. The summed E-state index contributed by atoms with van der Waals surface area (Å²) in [5.74, 6) is -2.33. The maximum absolute atomic E-state index is 12.4. The Bertz CT molecular complexity index is 814. The van der Waals surface area contributed by atoms with E-state index >= 15 is 0 Å². The second-order valence-electron chi connectivity index (χ2n) is 6.84. The number of aliphatic hydroxyl groups excluding tert-OH is 1. The molecular formula is C19H22N2O6. The van der Waals surface area contributed by atoms with Crippen molar-refractivity contribution in [1.29, 1.82) is 0 Å². The molecule has 1 aromatic rings. The molecule has 1 aromatic carbocycles. The van der Waals surface area contributed by atoms with Gasteiger partial charge in [0.15, 0.2) is 0 Å². The number of amides is 2. The predicted octanol–water partition coefficient (Wildman–Crippen LogP) is 1.20. The van der Waals surface area contributed by atoms with Gasteiger partial charge in [-0.1, -0.05) is 31.2 Å². The summed E-state index contributed by atoms with van der Waals surface area (Å²) >= 11 is 0. The van der Waals surface area contributed by atoms with Crippen molar-refractivity contribution in [2.24, 2.45) is 11.8 Å². The number of hydrogen-bond donors (Lipinski definition) is 3. The summed E-state index contributed by atoms with van der Waals surface area (Å²) in [6.07, 6.45) is -1.37. The number of alkyl carbamates (subject to hydrolysis) is 1. The molecule has 3 N–H and O–H groups in total. The van der Waals surface area contributed by atoms with E-state index in [4.69, 9.17) is 4.74 Å². The number of carbonyl (C=O) groups excluding carboxylic acids is 2. The highest BCUT2D eigenvalue weighted by molar-refractivity contribution is 6.06. The molecule has 0 saturated carbocycles. The van der Waals surface area contributed by atoms with Crippen LogP contribution in [0.2, 0.25) is 0 Å². The van der Waals surface area contributed by atoms with Gasteiger partial charge in [0.2, 0.25) is 5.91 Å². The average Bonchev–Trinajstić information content (AvgIpc) is 2.89. The molecule has 144 valence electrons. The molecule has 0 aliphatic carbocycles. The van der Waals surface area contributed by atoms with E-state index in [2.05, 4.69) is 5.32 Å². The van der Waals surface area contributed by atoms with Crippen LogP contribution in [0.3, 0.4) is 0 Å². The average molecular weight is 374 g/mol. The molecule has 2 amide bonds. The van der Waals surface area contributed by atoms with Gasteiger partial charge in [-0.25, -0.2) is 9.59 Å². The van der Waals surface area contributed by atoms with E-state index in [9.17, 15) is 24.6 Å². The molecule has 0 spiro atoms. The van der Waals surface area contributed by atoms with Crippen molar-refractivity contribution in [2.75, 3.05) is 7.05 Å². The first-order valence-electron chi connectivity index (χ1n) is 8.70. The van der Waals surface area contributed by atoms with Crippen molar-refractivity contribution in [1.82, 2.24) is 10.2 Å². The Hall–Kier alpha value is -2.87. The normalized spacial score (nSPS) is 25.0. The van der Waals surface area contributed by atoms with Crippen LogP contribution in [0.15, 0.2) is 30.0 Å². The van der Waals surface area contributed by atoms with Gasteiger partial charge in [-0.3, -0.25) is 4.79 Å². The Morgan fingerprint density at radius 1 is 1.30 bits per heavy atom. The highest BCUT2D eigenvalue weighted by Gasteiger charge is 2.59. The van der Waals surface area contributed by atoms with Crippen LogP contribution >= 0.6 is 0 Å². The van der Waals surface area contributed by atoms with Crippen LogP contribution < -0.4 is 5.32 Å². The van der Waals surface area contributed by atoms with Crippen molar-refractivity contribution in [3.63, 3.8) is 0 Å². The zero-order valence-corrected chi connectivity index (χ0v) is 15.3. The van der Waals surface area contributed by atoms with Crippen LogP contribution in [0.5, 0.6) is 0 Å². The molecule has 1 fully saturated rings. The lowest BCUT2D eigenvalue weighted by atomic mass is 9.77. The predicted molar refractivity (Wildman–Crippen MR) is 95.2 cm³/mol. The second-order valence-corrected chi connectivity index (χ2v) is 6.84. The first-order valence-corrected chi connectivity index (χ1v) is 8.70. The number of nitrogens with zero attached hydrogens (tertiary/aromatic N) is 1. The standard InChI is InChI=1S/C19H22N2O6/c1-9-13(12-6-4-11(5-7-12)8-27-19(26)20-3)16(18(24)25)21-15(9)14(10(2)22)17(21)23/h4-7,9-10,14-15,22H,8H2,1-3H3,(H,20,26)(H,24,25)/t9?,10-,14+,15-/m1/s1. The summed E-state index contributed by atoms with van der Waals surface area (Å²) in [7, 11) is 1.47. The quantitative estimate of drug-likeness (QED) is 0.667. The van der Waals surface area contributed by atoms with Crippen LogP contribution in [0.4, 0.5) is 4.79 Å². The van der Waals surface area contributed by atoms with Crippen LogP contribution in [-0.4, -0.2) is 52.3 Å². The minimum absolute atomic E-state index is 0.0243. The van der Waals surface area contributed by atoms with Crippen LogP contribution in [-0.2, 0) is 20.9 Å². The highest BCUT2D eigenvalue weighted by atomic mass is 16.5. The van der Waals surface area contributed by atoms with Crippen molar-refractivity contribution >= 4 is 23.5 Å². The third-order valence-electron chi connectivity index (χ3n) is 5.21. The SMILES string of the molecule is CNC(=O)OCc1ccc(C2=C(C(=O)O)N3C(=O)[C@@H]([C@@H](C)O)[C@H]3C2C)cc1. The first kappa shape index (κ1) is 18.9. The number of carbonyl (C=O) groups is 3. The van der Waals surface area contributed by atoms with Gasteiger partial charge in [-0.2, -0.15) is 0 Å². The van der Waals surface area contributed by atoms with E-state index in [1.54, 1.807) is 31.2 Å². The molecular weight excluding hydrogens is 352 g/mol. The summed E-state index contributed by atoms with van der Waals surface area (Å²) < 4.78 is 4.98. The van der Waals surface area contributed by atoms with Gasteiger partial charge in [0, 0.05) is 13.0 Å². The lowest BCUT2D eigenvalue weighted by Gasteiger charge is -2.46. The molecule has 0 radical (unpaired) electrons. The fourth-order valence-corrected chi connectivity index (χ4v) is 3.95. The number of carboxylic acids is 1. The number of hydrogen-bond acceptors (Lipinski definition) is 5. The topological polar surface area (TPSA) is 116 Å². The largest absolute Gasteiger partial charge is 0.477 e. The minimum Gasteiger partial charge on any atom is -0.477 e. The van der Waals surface area contributed by atoms with Gasteiger partial charge in [-0.15, -0.1) is 0 Å². The molecule has 2 heterocycles. The number of nitrogens with one attached hydrogen (secondary N) is 1. The zero-order valence-electron chi connectivity index (χ0n) is 15.3. The molecule has 2 aliphatic rings. The maximum atomic E-state index is 12.4. The molecule has 27 heavy (non-hydrogen) atoms. The van der Waals surface area contributed by atoms with Crippen molar-refractivity contribution in [3.8, 4) is 0 Å². The number of aliphatic hydroxyl groups is 1. The van der Waals surface area contributed by atoms with Gasteiger partial charge in [-0.05, 0) is 23.6 Å². The van der Waals surface area contributed by atoms with Gasteiger partial charge in [0.1, 0.15) is 12.3 Å². The number of β-lactam (4-membered cyclic amide) rings is 1. The van der Waals surface area contributed by atoms with Crippen molar-refractivity contribution < 1.29 is 29.3 Å². The van der Waals surface area contributed by atoms with Gasteiger partial charge >= 0.3 is 12.1 Å². The smallest absolute Gasteiger partial charge is 0.407 e. The minimum atomic E-state index is -1.16. The molecule has 1 saturated heterocycles. The summed E-state index contributed by atoms with van der Waals surface area (Å²) in [6.45, 7) is 3.51. The van der Waals surface area contributed by atoms with E-state index in [0.717, 1.165) is 5.56 Å². The monoisotopic (exact) mass is 374 g/mol. The number of rotatable bonds is 5. The van der Waals surface area contributed by atoms with Crippen molar-refractivity contribution in [3.05, 3.63) is 41.1 Å². The number of fused-ring (bicyclic) bond motifs is 1. The summed E-state index contributed by atoms with van der Waals surface area (Å²) in [5.41, 5.74) is 1.99. The van der Waals surface area contributed by atoms with Crippen molar-refractivity contribution in [2.45, 2.75) is 32.6 Å². The summed E-state index contributed by atoms with van der Waals surface area (Å²) in [6, 6.07) is 6.66. The van der Waals surface area contributed by atoms with Crippen LogP contribution in [0.25, 0.3) is 5.57 Å². The molecule has 8 nitrogen and oxygen atoms in total. The number of carboxylic acid groups (broad SMARTS) is 1. The summed E-state index contributed by atoms with van der Waals surface area (Å²) in [5, 5.41) is 21.9. The molecule has 2 aliphatic heterocycles. The number of aliphatic carboxylic acids is 1. The Balaban J connectivity index is 1.90. The van der Waals surface area contributed by atoms with Crippen LogP contribution in [0, 0.1) is 11.8 Å². The molecule has 1 unspecified atom stereocenters. The first-order chi connectivity index (χ1) is 12.8. The Morgan fingerprint density at radius 3 is 2.44 bits per heavy atom. The maximum Gasteiger partial charge on any atom is 0.407 e. The second kappa shape index (κ2) is 7.03. The third kappa shape index (κ3) is 3.06. The Kier molecular flexibility index (Phi) is 4.93. The van der Waals surface area contributed by atoms with Gasteiger partial charge in [0.25, 0.3) is 0 Å². The van der Waals surface area contributed by atoms with E-state index in [0.29, 0.717) is 11.1 Å². The Labute approximate surface area is 156 Å². The van der Waals surface area contributed by atoms with Gasteiger partial charge in [0.05, 0.1) is 18.1 Å². The Morgan fingerprint density at radius 2 is 1.93 bits per heavy atom. The summed E-state index contributed by atoms with van der Waals surface area (Å²) in [4.78, 5) is 36.7. The van der Waals surface area contributed by atoms with Gasteiger partial charge < -0.3 is 25.2 Å². The van der Waals surface area contributed by atoms with E-state index < -0.39 is 24.1 Å².